The van der Waals surface area contributed by atoms with Gasteiger partial charge in [-0.2, -0.15) is 0 Å². The van der Waals surface area contributed by atoms with Gasteiger partial charge in [-0.25, -0.2) is 4.98 Å². The lowest BCUT2D eigenvalue weighted by Gasteiger charge is -2.06. The number of aromatic hydroxyl groups is 1. The van der Waals surface area contributed by atoms with Crippen LogP contribution in [-0.4, -0.2) is 10.1 Å². The van der Waals surface area contributed by atoms with Crippen molar-refractivity contribution in [1.82, 2.24) is 4.98 Å². The first kappa shape index (κ1) is 10.8. The molecule has 0 fully saturated rings. The molecule has 1 heterocycles. The van der Waals surface area contributed by atoms with Crippen LogP contribution in [0.4, 0.5) is 0 Å². The summed E-state index contributed by atoms with van der Waals surface area (Å²) in [5.41, 5.74) is 3.63. The van der Waals surface area contributed by atoms with Crippen molar-refractivity contribution in [2.75, 3.05) is 0 Å². The lowest BCUT2D eigenvalue weighted by atomic mass is 10.1. The molecule has 3 rings (SSSR count). The quantitative estimate of drug-likeness (QED) is 0.693. The Kier molecular flexibility index (Phi) is 2.49. The van der Waals surface area contributed by atoms with Crippen LogP contribution in [0.5, 0.6) is 5.75 Å². The van der Waals surface area contributed by atoms with Crippen LogP contribution in [0.2, 0.25) is 0 Å². The lowest BCUT2D eigenvalue weighted by Crippen LogP contribution is -1.86. The highest BCUT2D eigenvalue weighted by Crippen LogP contribution is 2.29. The van der Waals surface area contributed by atoms with E-state index in [-0.39, 0.29) is 5.75 Å². The van der Waals surface area contributed by atoms with E-state index in [4.69, 9.17) is 0 Å². The summed E-state index contributed by atoms with van der Waals surface area (Å²) in [7, 11) is 0. The van der Waals surface area contributed by atoms with Crippen molar-refractivity contribution in [1.29, 1.82) is 0 Å². The number of pyridine rings is 1. The summed E-state index contributed by atoms with van der Waals surface area (Å²) in [6.45, 7) is 2.00. The number of nitrogens with zero attached hydrogens (tertiary/aromatic N) is 1. The van der Waals surface area contributed by atoms with Crippen LogP contribution in [0.1, 0.15) is 5.56 Å². The topological polar surface area (TPSA) is 33.1 Å². The minimum absolute atomic E-state index is 0.267. The maximum absolute atomic E-state index is 9.92. The number of para-hydroxylation sites is 1. The van der Waals surface area contributed by atoms with Crippen LogP contribution in [-0.2, 0) is 0 Å². The zero-order chi connectivity index (χ0) is 12.5. The molecule has 2 aromatic carbocycles. The number of benzene rings is 2. The largest absolute Gasteiger partial charge is 0.507 e. The van der Waals surface area contributed by atoms with E-state index in [1.54, 1.807) is 6.07 Å². The second kappa shape index (κ2) is 4.15. The second-order valence-corrected chi connectivity index (χ2v) is 4.41. The van der Waals surface area contributed by atoms with E-state index >= 15 is 0 Å². The fourth-order valence-electron chi connectivity index (χ4n) is 2.07. The Labute approximate surface area is 106 Å². The Morgan fingerprint density at radius 1 is 0.944 bits per heavy atom. The summed E-state index contributed by atoms with van der Waals surface area (Å²) in [4.78, 5) is 4.59. The molecule has 2 nitrogen and oxygen atoms in total. The molecule has 18 heavy (non-hydrogen) atoms. The minimum Gasteiger partial charge on any atom is -0.507 e. The summed E-state index contributed by atoms with van der Waals surface area (Å²) in [5, 5.41) is 11.0. The predicted octanol–water partition coefficient (Wildman–Crippen LogP) is 3.92. The van der Waals surface area contributed by atoms with E-state index in [2.05, 4.69) is 4.98 Å². The Hall–Kier alpha value is -2.35. The van der Waals surface area contributed by atoms with Gasteiger partial charge in [0.05, 0.1) is 11.2 Å². The maximum Gasteiger partial charge on any atom is 0.124 e. The number of aromatic nitrogens is 1. The Morgan fingerprint density at radius 2 is 1.78 bits per heavy atom. The normalized spacial score (nSPS) is 10.7. The minimum atomic E-state index is 0.267. The van der Waals surface area contributed by atoms with Gasteiger partial charge in [-0.05, 0) is 31.2 Å². The first-order chi connectivity index (χ1) is 8.74. The first-order valence-corrected chi connectivity index (χ1v) is 5.90. The molecule has 3 aromatic rings. The average Bonchev–Trinajstić information content (AvgIpc) is 2.41. The first-order valence-electron chi connectivity index (χ1n) is 5.90. The fraction of sp³-hybridized carbons (Fsp3) is 0.0625. The van der Waals surface area contributed by atoms with Crippen molar-refractivity contribution >= 4 is 10.9 Å². The molecule has 0 aliphatic carbocycles. The Morgan fingerprint density at radius 3 is 2.67 bits per heavy atom. The van der Waals surface area contributed by atoms with Crippen LogP contribution >= 0.6 is 0 Å². The smallest absolute Gasteiger partial charge is 0.124 e. The van der Waals surface area contributed by atoms with Gasteiger partial charge < -0.3 is 5.11 Å². The van der Waals surface area contributed by atoms with Crippen LogP contribution < -0.4 is 0 Å². The molecular formula is C16H13NO. The van der Waals surface area contributed by atoms with Crippen molar-refractivity contribution in [3.8, 4) is 17.0 Å². The predicted molar refractivity (Wildman–Crippen MR) is 73.6 cm³/mol. The van der Waals surface area contributed by atoms with Crippen molar-refractivity contribution in [2.45, 2.75) is 6.92 Å². The second-order valence-electron chi connectivity index (χ2n) is 4.41. The number of phenols is 1. The molecule has 0 saturated heterocycles. The molecule has 1 aromatic heterocycles. The Balaban J connectivity index is 2.22. The summed E-state index contributed by atoms with van der Waals surface area (Å²) in [6.07, 6.45) is 0. The number of fused-ring (bicyclic) bond motifs is 1. The van der Waals surface area contributed by atoms with Crippen molar-refractivity contribution in [2.24, 2.45) is 0 Å². The van der Waals surface area contributed by atoms with Crippen molar-refractivity contribution < 1.29 is 5.11 Å². The lowest BCUT2D eigenvalue weighted by molar-refractivity contribution is 0.477. The molecule has 0 spiro atoms. The number of aryl methyl sites for hydroxylation is 1. The van der Waals surface area contributed by atoms with Gasteiger partial charge in [-0.15, -0.1) is 0 Å². The molecule has 0 saturated carbocycles. The summed E-state index contributed by atoms with van der Waals surface area (Å²) < 4.78 is 0. The monoisotopic (exact) mass is 235 g/mol. The molecule has 0 unspecified atom stereocenters. The molecule has 88 valence electrons. The molecule has 0 aliphatic rings. The van der Waals surface area contributed by atoms with Crippen LogP contribution in [0.3, 0.4) is 0 Å². The zero-order valence-electron chi connectivity index (χ0n) is 10.1. The molecular weight excluding hydrogens is 222 g/mol. The van der Waals surface area contributed by atoms with E-state index in [0.717, 1.165) is 27.7 Å². The Bertz CT molecular complexity index is 719. The third-order valence-corrected chi connectivity index (χ3v) is 3.03. The summed E-state index contributed by atoms with van der Waals surface area (Å²) in [6, 6.07) is 17.5. The third-order valence-electron chi connectivity index (χ3n) is 3.03. The van der Waals surface area contributed by atoms with Gasteiger partial charge in [0, 0.05) is 10.9 Å². The van der Waals surface area contributed by atoms with Gasteiger partial charge in [0.25, 0.3) is 0 Å². The number of hydrogen-bond acceptors (Lipinski definition) is 2. The molecule has 0 atom stereocenters. The summed E-state index contributed by atoms with van der Waals surface area (Å²) in [5.74, 6) is 0.267. The van der Waals surface area contributed by atoms with Gasteiger partial charge in [0.1, 0.15) is 5.75 Å². The highest BCUT2D eigenvalue weighted by atomic mass is 16.3. The molecule has 1 N–H and O–H groups in total. The van der Waals surface area contributed by atoms with E-state index in [0.29, 0.717) is 0 Å². The SMILES string of the molecule is Cc1ccc(O)c(-c2ccc3ccccc3n2)c1. The van der Waals surface area contributed by atoms with E-state index in [1.165, 1.54) is 0 Å². The van der Waals surface area contributed by atoms with Gasteiger partial charge in [-0.3, -0.25) is 0 Å². The summed E-state index contributed by atoms with van der Waals surface area (Å²) >= 11 is 0. The molecule has 0 aliphatic heterocycles. The highest BCUT2D eigenvalue weighted by Gasteiger charge is 2.06. The van der Waals surface area contributed by atoms with E-state index in [1.807, 2.05) is 55.5 Å². The van der Waals surface area contributed by atoms with Crippen LogP contribution in [0.25, 0.3) is 22.2 Å². The third kappa shape index (κ3) is 1.82. The molecule has 2 heteroatoms. The number of phenolic OH excluding ortho intramolecular Hbond substituents is 1. The molecule has 0 bridgehead atoms. The molecule has 0 radical (unpaired) electrons. The molecule has 0 amide bonds. The maximum atomic E-state index is 9.92. The zero-order valence-corrected chi connectivity index (χ0v) is 10.1. The van der Waals surface area contributed by atoms with Crippen molar-refractivity contribution in [3.63, 3.8) is 0 Å². The average molecular weight is 235 g/mol. The number of rotatable bonds is 1. The van der Waals surface area contributed by atoms with E-state index in [9.17, 15) is 5.11 Å². The van der Waals surface area contributed by atoms with E-state index < -0.39 is 0 Å². The van der Waals surface area contributed by atoms with Crippen LogP contribution in [0.15, 0.2) is 54.6 Å². The van der Waals surface area contributed by atoms with Gasteiger partial charge >= 0.3 is 0 Å². The highest BCUT2D eigenvalue weighted by molar-refractivity contribution is 5.82. The van der Waals surface area contributed by atoms with Gasteiger partial charge in [0.2, 0.25) is 0 Å². The van der Waals surface area contributed by atoms with Gasteiger partial charge in [0.15, 0.2) is 0 Å². The number of hydrogen-bond donors (Lipinski definition) is 1. The standard InChI is InChI=1S/C16H13NO/c1-11-6-9-16(18)13(10-11)15-8-7-12-4-2-3-5-14(12)17-15/h2-10,18H,1H3. The fourth-order valence-corrected chi connectivity index (χ4v) is 2.07. The van der Waals surface area contributed by atoms with Gasteiger partial charge in [-0.1, -0.05) is 35.9 Å². The van der Waals surface area contributed by atoms with Crippen molar-refractivity contribution in [3.05, 3.63) is 60.2 Å². The van der Waals surface area contributed by atoms with Crippen LogP contribution in [0, 0.1) is 6.92 Å².